The minimum atomic E-state index is -0.855. The first kappa shape index (κ1) is 15.4. The minimum absolute atomic E-state index is 0.206. The molecule has 112 valence electrons. The van der Waals surface area contributed by atoms with E-state index in [-0.39, 0.29) is 18.1 Å². The topological polar surface area (TPSA) is 41.5 Å². The average Bonchev–Trinajstić information content (AvgIpc) is 2.83. The number of hydrogen-bond donors (Lipinski definition) is 2. The van der Waals surface area contributed by atoms with Crippen molar-refractivity contribution in [3.63, 3.8) is 0 Å². The van der Waals surface area contributed by atoms with Crippen LogP contribution in [-0.2, 0) is 4.74 Å². The van der Waals surface area contributed by atoms with Gasteiger partial charge in [-0.1, -0.05) is 12.5 Å². The summed E-state index contributed by atoms with van der Waals surface area (Å²) in [6.07, 6.45) is 2.60. The summed E-state index contributed by atoms with van der Waals surface area (Å²) >= 11 is 0. The summed E-state index contributed by atoms with van der Waals surface area (Å²) in [5.41, 5.74) is 0.651. The number of nitrogens with one attached hydrogen (secondary N) is 1. The Morgan fingerprint density at radius 2 is 2.15 bits per heavy atom. The predicted octanol–water partition coefficient (Wildman–Crippen LogP) is 2.40. The normalized spacial score (nSPS) is 24.0. The molecule has 3 unspecified atom stereocenters. The number of halogens is 2. The number of ether oxygens (including phenoxy) is 1. The lowest BCUT2D eigenvalue weighted by Crippen LogP contribution is -2.33. The van der Waals surface area contributed by atoms with Gasteiger partial charge in [-0.2, -0.15) is 0 Å². The second-order valence-corrected chi connectivity index (χ2v) is 5.35. The smallest absolute Gasteiger partial charge is 0.159 e. The second kappa shape index (κ2) is 7.11. The largest absolute Gasteiger partial charge is 0.393 e. The van der Waals surface area contributed by atoms with E-state index in [9.17, 15) is 13.9 Å². The summed E-state index contributed by atoms with van der Waals surface area (Å²) in [6, 6.07) is 3.67. The molecule has 0 spiro atoms. The van der Waals surface area contributed by atoms with Crippen LogP contribution >= 0.6 is 0 Å². The van der Waals surface area contributed by atoms with Gasteiger partial charge in [-0.25, -0.2) is 8.78 Å². The van der Waals surface area contributed by atoms with Crippen molar-refractivity contribution >= 4 is 0 Å². The molecule has 1 aromatic carbocycles. The molecule has 0 bridgehead atoms. The molecule has 0 aromatic heterocycles. The van der Waals surface area contributed by atoms with Gasteiger partial charge in [0, 0.05) is 13.7 Å². The van der Waals surface area contributed by atoms with Gasteiger partial charge in [-0.3, -0.25) is 0 Å². The summed E-state index contributed by atoms with van der Waals surface area (Å²) in [5, 5.41) is 13.1. The number of methoxy groups -OCH3 is 1. The molecule has 0 heterocycles. The van der Waals surface area contributed by atoms with E-state index in [4.69, 9.17) is 4.74 Å². The summed E-state index contributed by atoms with van der Waals surface area (Å²) in [6.45, 7) is 1.02. The van der Waals surface area contributed by atoms with Crippen LogP contribution in [0.2, 0.25) is 0 Å². The van der Waals surface area contributed by atoms with Crippen LogP contribution in [0.1, 0.15) is 30.9 Å². The van der Waals surface area contributed by atoms with Crippen LogP contribution in [0, 0.1) is 17.6 Å². The maximum absolute atomic E-state index is 13.3. The van der Waals surface area contributed by atoms with Gasteiger partial charge < -0.3 is 15.2 Å². The predicted molar refractivity (Wildman–Crippen MR) is 72.3 cm³/mol. The highest BCUT2D eigenvalue weighted by Crippen LogP contribution is 2.26. The molecule has 3 atom stereocenters. The molecular formula is C15H21F2NO2. The van der Waals surface area contributed by atoms with Crippen molar-refractivity contribution in [2.24, 2.45) is 5.92 Å². The fraction of sp³-hybridized carbons (Fsp3) is 0.600. The number of aliphatic hydroxyl groups excluding tert-OH is 1. The van der Waals surface area contributed by atoms with Crippen molar-refractivity contribution in [3.05, 3.63) is 35.4 Å². The first-order valence-corrected chi connectivity index (χ1v) is 6.97. The first-order valence-electron chi connectivity index (χ1n) is 6.97. The number of rotatable bonds is 6. The molecule has 0 saturated heterocycles. The van der Waals surface area contributed by atoms with Crippen molar-refractivity contribution in [1.29, 1.82) is 0 Å². The zero-order valence-corrected chi connectivity index (χ0v) is 11.6. The minimum Gasteiger partial charge on any atom is -0.393 e. The quantitative estimate of drug-likeness (QED) is 0.843. The molecule has 0 radical (unpaired) electrons. The third kappa shape index (κ3) is 3.75. The third-order valence-electron chi connectivity index (χ3n) is 3.92. The molecule has 2 N–H and O–H groups in total. The molecule has 0 amide bonds. The Morgan fingerprint density at radius 1 is 1.35 bits per heavy atom. The zero-order chi connectivity index (χ0) is 14.5. The van der Waals surface area contributed by atoms with E-state index < -0.39 is 11.6 Å². The fourth-order valence-corrected chi connectivity index (χ4v) is 2.72. The van der Waals surface area contributed by atoms with Crippen LogP contribution in [0.4, 0.5) is 8.78 Å². The highest BCUT2D eigenvalue weighted by Gasteiger charge is 2.26. The van der Waals surface area contributed by atoms with E-state index in [1.54, 1.807) is 13.2 Å². The average molecular weight is 285 g/mol. The Morgan fingerprint density at radius 3 is 2.75 bits per heavy atom. The highest BCUT2D eigenvalue weighted by molar-refractivity contribution is 5.21. The molecular weight excluding hydrogens is 264 g/mol. The Labute approximate surface area is 117 Å². The zero-order valence-electron chi connectivity index (χ0n) is 11.6. The molecule has 1 fully saturated rings. The van der Waals surface area contributed by atoms with Gasteiger partial charge in [0.05, 0.1) is 18.8 Å². The molecule has 5 heteroatoms. The van der Waals surface area contributed by atoms with Crippen LogP contribution in [0.25, 0.3) is 0 Å². The number of hydrogen-bond acceptors (Lipinski definition) is 3. The van der Waals surface area contributed by atoms with E-state index in [2.05, 4.69) is 5.32 Å². The Balaban J connectivity index is 2.00. The molecule has 1 aliphatic rings. The summed E-state index contributed by atoms with van der Waals surface area (Å²) in [5.74, 6) is -1.48. The van der Waals surface area contributed by atoms with Crippen molar-refractivity contribution in [1.82, 2.24) is 5.32 Å². The van der Waals surface area contributed by atoms with Crippen LogP contribution in [0.5, 0.6) is 0 Å². The molecule has 2 rings (SSSR count). The fourth-order valence-electron chi connectivity index (χ4n) is 2.72. The van der Waals surface area contributed by atoms with E-state index in [1.165, 1.54) is 6.07 Å². The number of aliphatic hydroxyl groups is 1. The van der Waals surface area contributed by atoms with E-state index in [0.29, 0.717) is 18.7 Å². The SMILES string of the molecule is COCC(NCC1CCCC1O)c1ccc(F)c(F)c1. The van der Waals surface area contributed by atoms with E-state index >= 15 is 0 Å². The first-order chi connectivity index (χ1) is 9.61. The second-order valence-electron chi connectivity index (χ2n) is 5.35. The van der Waals surface area contributed by atoms with Crippen LogP contribution < -0.4 is 5.32 Å². The maximum Gasteiger partial charge on any atom is 0.159 e. The monoisotopic (exact) mass is 285 g/mol. The molecule has 1 aliphatic carbocycles. The van der Waals surface area contributed by atoms with Crippen molar-refractivity contribution in [2.75, 3.05) is 20.3 Å². The third-order valence-corrected chi connectivity index (χ3v) is 3.92. The van der Waals surface area contributed by atoms with Gasteiger partial charge >= 0.3 is 0 Å². The molecule has 0 aliphatic heterocycles. The Bertz CT molecular complexity index is 442. The molecule has 1 saturated carbocycles. The van der Waals surface area contributed by atoms with Crippen molar-refractivity contribution in [3.8, 4) is 0 Å². The van der Waals surface area contributed by atoms with Gasteiger partial charge in [0.1, 0.15) is 0 Å². The summed E-state index contributed by atoms with van der Waals surface area (Å²) < 4.78 is 31.4. The Kier molecular flexibility index (Phi) is 5.46. The van der Waals surface area contributed by atoms with Crippen molar-refractivity contribution < 1.29 is 18.6 Å². The van der Waals surface area contributed by atoms with Gasteiger partial charge in [0.25, 0.3) is 0 Å². The van der Waals surface area contributed by atoms with Gasteiger partial charge in [0.2, 0.25) is 0 Å². The lowest BCUT2D eigenvalue weighted by atomic mass is 10.0. The number of benzene rings is 1. The van der Waals surface area contributed by atoms with Gasteiger partial charge in [0.15, 0.2) is 11.6 Å². The van der Waals surface area contributed by atoms with E-state index in [0.717, 1.165) is 25.3 Å². The lowest BCUT2D eigenvalue weighted by molar-refractivity contribution is 0.121. The Hall–Kier alpha value is -1.04. The van der Waals surface area contributed by atoms with Crippen LogP contribution in [0.3, 0.4) is 0 Å². The summed E-state index contributed by atoms with van der Waals surface area (Å²) in [7, 11) is 1.57. The van der Waals surface area contributed by atoms with Crippen molar-refractivity contribution in [2.45, 2.75) is 31.4 Å². The molecule has 3 nitrogen and oxygen atoms in total. The molecule has 1 aromatic rings. The highest BCUT2D eigenvalue weighted by atomic mass is 19.2. The summed E-state index contributed by atoms with van der Waals surface area (Å²) in [4.78, 5) is 0. The van der Waals surface area contributed by atoms with Gasteiger partial charge in [-0.15, -0.1) is 0 Å². The van der Waals surface area contributed by atoms with E-state index in [1.807, 2.05) is 0 Å². The van der Waals surface area contributed by atoms with Crippen LogP contribution in [-0.4, -0.2) is 31.5 Å². The molecule has 20 heavy (non-hydrogen) atoms. The van der Waals surface area contributed by atoms with Crippen LogP contribution in [0.15, 0.2) is 18.2 Å². The lowest BCUT2D eigenvalue weighted by Gasteiger charge is -2.22. The van der Waals surface area contributed by atoms with Gasteiger partial charge in [-0.05, 0) is 36.5 Å². The standard InChI is InChI=1S/C15H21F2NO2/c1-20-9-14(10-5-6-12(16)13(17)7-10)18-8-11-3-2-4-15(11)19/h5-7,11,14-15,18-19H,2-4,8-9H2,1H3. The maximum atomic E-state index is 13.3.